The van der Waals surface area contributed by atoms with Gasteiger partial charge in [0.25, 0.3) is 5.91 Å². The summed E-state index contributed by atoms with van der Waals surface area (Å²) in [6.07, 6.45) is 0.386. The van der Waals surface area contributed by atoms with E-state index in [1.54, 1.807) is 24.3 Å². The predicted molar refractivity (Wildman–Crippen MR) is 111 cm³/mol. The predicted octanol–water partition coefficient (Wildman–Crippen LogP) is 2.96. The first-order chi connectivity index (χ1) is 12.2. The minimum Gasteiger partial charge on any atom is -0.352 e. The van der Waals surface area contributed by atoms with E-state index in [4.69, 9.17) is 17.3 Å². The van der Waals surface area contributed by atoms with Crippen molar-refractivity contribution >= 4 is 35.8 Å². The number of halogens is 2. The largest absolute Gasteiger partial charge is 0.352 e. The second-order valence-electron chi connectivity index (χ2n) is 6.93. The molecule has 0 fully saturated rings. The maximum atomic E-state index is 12.6. The summed E-state index contributed by atoms with van der Waals surface area (Å²) in [4.78, 5) is 25.1. The van der Waals surface area contributed by atoms with Crippen LogP contribution in [0.15, 0.2) is 54.6 Å². The molecule has 0 aliphatic rings. The highest BCUT2D eigenvalue weighted by atomic mass is 35.5. The average molecular weight is 410 g/mol. The van der Waals surface area contributed by atoms with E-state index in [0.717, 1.165) is 5.56 Å². The number of nitrogens with one attached hydrogen (secondary N) is 2. The first kappa shape index (κ1) is 23.0. The van der Waals surface area contributed by atoms with Crippen molar-refractivity contribution in [3.05, 3.63) is 70.7 Å². The zero-order valence-electron chi connectivity index (χ0n) is 15.4. The molecule has 0 aromatic heterocycles. The Morgan fingerprint density at radius 1 is 1.07 bits per heavy atom. The third-order valence-electron chi connectivity index (χ3n) is 3.73. The van der Waals surface area contributed by atoms with Gasteiger partial charge in [-0.2, -0.15) is 0 Å². The fourth-order valence-electron chi connectivity index (χ4n) is 2.34. The maximum absolute atomic E-state index is 12.6. The van der Waals surface area contributed by atoms with Crippen LogP contribution < -0.4 is 16.4 Å². The van der Waals surface area contributed by atoms with E-state index in [2.05, 4.69) is 10.6 Å². The van der Waals surface area contributed by atoms with Gasteiger partial charge in [0.1, 0.15) is 6.04 Å². The summed E-state index contributed by atoms with van der Waals surface area (Å²) in [6, 6.07) is 15.4. The Hall–Kier alpha value is -2.08. The molecule has 2 amide bonds. The minimum absolute atomic E-state index is 0. The number of amides is 2. The van der Waals surface area contributed by atoms with E-state index < -0.39 is 11.6 Å². The summed E-state index contributed by atoms with van der Waals surface area (Å²) in [6.45, 7) is 3.96. The third-order valence-corrected chi connectivity index (χ3v) is 3.98. The van der Waals surface area contributed by atoms with Gasteiger partial charge in [0, 0.05) is 29.1 Å². The number of hydrogen-bond acceptors (Lipinski definition) is 3. The number of rotatable bonds is 7. The Bertz CT molecular complexity index is 744. The molecule has 0 radical (unpaired) electrons. The molecule has 0 spiro atoms. The van der Waals surface area contributed by atoms with Crippen LogP contribution in [0.25, 0.3) is 0 Å². The molecule has 1 atom stereocenters. The number of hydrogen-bond donors (Lipinski definition) is 3. The van der Waals surface area contributed by atoms with Crippen LogP contribution >= 0.6 is 24.0 Å². The molecule has 5 nitrogen and oxygen atoms in total. The fraction of sp³-hybridized carbons (Fsp3) is 0.300. The third kappa shape index (κ3) is 7.99. The molecule has 0 saturated heterocycles. The molecule has 0 saturated carbocycles. The molecule has 0 heterocycles. The lowest BCUT2D eigenvalue weighted by Gasteiger charge is -2.23. The topological polar surface area (TPSA) is 84.2 Å². The molecule has 0 aliphatic heterocycles. The molecule has 1 unspecified atom stereocenters. The number of benzene rings is 2. The first-order valence-electron chi connectivity index (χ1n) is 8.41. The van der Waals surface area contributed by atoms with Gasteiger partial charge in [-0.1, -0.05) is 41.9 Å². The fourth-order valence-corrected chi connectivity index (χ4v) is 2.47. The van der Waals surface area contributed by atoms with Gasteiger partial charge < -0.3 is 16.4 Å². The standard InChI is InChI=1S/C20H24ClN3O2.ClH/c1-20(2,22)13-23-19(26)17(12-14-6-4-3-5-7-14)24-18(25)15-8-10-16(21)11-9-15;/h3-11,17H,12-13,22H2,1-2H3,(H,23,26)(H,24,25);1H. The zero-order chi connectivity index (χ0) is 19.2. The highest BCUT2D eigenvalue weighted by Gasteiger charge is 2.23. The van der Waals surface area contributed by atoms with Crippen LogP contribution in [0.5, 0.6) is 0 Å². The van der Waals surface area contributed by atoms with E-state index in [-0.39, 0.29) is 24.2 Å². The van der Waals surface area contributed by atoms with Crippen molar-refractivity contribution in [1.82, 2.24) is 10.6 Å². The van der Waals surface area contributed by atoms with Crippen LogP contribution in [0.3, 0.4) is 0 Å². The number of carbonyl (C=O) groups is 2. The highest BCUT2D eigenvalue weighted by Crippen LogP contribution is 2.10. The second-order valence-corrected chi connectivity index (χ2v) is 7.37. The average Bonchev–Trinajstić information content (AvgIpc) is 2.60. The van der Waals surface area contributed by atoms with Crippen LogP contribution in [0.2, 0.25) is 5.02 Å². The van der Waals surface area contributed by atoms with Crippen molar-refractivity contribution in [2.45, 2.75) is 31.8 Å². The van der Waals surface area contributed by atoms with Gasteiger partial charge in [-0.3, -0.25) is 9.59 Å². The van der Waals surface area contributed by atoms with Crippen LogP contribution in [-0.4, -0.2) is 29.9 Å². The minimum atomic E-state index is -0.706. The molecule has 0 aliphatic carbocycles. The molecule has 4 N–H and O–H groups in total. The molecular formula is C20H25Cl2N3O2. The molecule has 0 bridgehead atoms. The molecule has 2 aromatic rings. The maximum Gasteiger partial charge on any atom is 0.251 e. The summed E-state index contributed by atoms with van der Waals surface area (Å²) in [5.74, 6) is -0.598. The van der Waals surface area contributed by atoms with Gasteiger partial charge in [0.05, 0.1) is 0 Å². The SMILES string of the molecule is CC(C)(N)CNC(=O)C(Cc1ccccc1)NC(=O)c1ccc(Cl)cc1.Cl. The van der Waals surface area contributed by atoms with Crippen LogP contribution in [0.1, 0.15) is 29.8 Å². The van der Waals surface area contributed by atoms with Crippen LogP contribution in [-0.2, 0) is 11.2 Å². The molecular weight excluding hydrogens is 385 g/mol. The molecule has 27 heavy (non-hydrogen) atoms. The van der Waals surface area contributed by atoms with Gasteiger partial charge in [0.2, 0.25) is 5.91 Å². The van der Waals surface area contributed by atoms with Crippen molar-refractivity contribution in [1.29, 1.82) is 0 Å². The quantitative estimate of drug-likeness (QED) is 0.656. The van der Waals surface area contributed by atoms with E-state index >= 15 is 0 Å². The van der Waals surface area contributed by atoms with E-state index in [1.807, 2.05) is 44.2 Å². The van der Waals surface area contributed by atoms with Gasteiger partial charge in [-0.15, -0.1) is 12.4 Å². The summed E-state index contributed by atoms with van der Waals surface area (Å²) < 4.78 is 0. The van der Waals surface area contributed by atoms with Gasteiger partial charge in [0.15, 0.2) is 0 Å². The Morgan fingerprint density at radius 3 is 2.22 bits per heavy atom. The highest BCUT2D eigenvalue weighted by molar-refractivity contribution is 6.30. The van der Waals surface area contributed by atoms with Gasteiger partial charge >= 0.3 is 0 Å². The Kier molecular flexibility index (Phi) is 8.76. The monoisotopic (exact) mass is 409 g/mol. The van der Waals surface area contributed by atoms with E-state index in [9.17, 15) is 9.59 Å². The molecule has 2 rings (SSSR count). The van der Waals surface area contributed by atoms with Crippen molar-refractivity contribution in [3.63, 3.8) is 0 Å². The van der Waals surface area contributed by atoms with Crippen molar-refractivity contribution in [3.8, 4) is 0 Å². The van der Waals surface area contributed by atoms with E-state index in [0.29, 0.717) is 23.6 Å². The van der Waals surface area contributed by atoms with Gasteiger partial charge in [-0.05, 0) is 43.7 Å². The lowest BCUT2D eigenvalue weighted by Crippen LogP contribution is -2.52. The van der Waals surface area contributed by atoms with Crippen molar-refractivity contribution in [2.75, 3.05) is 6.54 Å². The number of nitrogens with two attached hydrogens (primary N) is 1. The normalized spacial score (nSPS) is 11.9. The van der Waals surface area contributed by atoms with Crippen LogP contribution in [0, 0.1) is 0 Å². The molecule has 7 heteroatoms. The zero-order valence-corrected chi connectivity index (χ0v) is 16.9. The van der Waals surface area contributed by atoms with Gasteiger partial charge in [-0.25, -0.2) is 0 Å². The Balaban J connectivity index is 0.00000364. The lowest BCUT2D eigenvalue weighted by molar-refractivity contribution is -0.123. The number of carbonyl (C=O) groups excluding carboxylic acids is 2. The van der Waals surface area contributed by atoms with Crippen molar-refractivity contribution in [2.24, 2.45) is 5.73 Å². The van der Waals surface area contributed by atoms with E-state index in [1.165, 1.54) is 0 Å². The smallest absolute Gasteiger partial charge is 0.251 e. The van der Waals surface area contributed by atoms with Crippen LogP contribution in [0.4, 0.5) is 0 Å². The summed E-state index contributed by atoms with van der Waals surface area (Å²) in [5, 5.41) is 6.16. The first-order valence-corrected chi connectivity index (χ1v) is 8.79. The Morgan fingerprint density at radius 2 is 1.67 bits per heavy atom. The summed E-state index contributed by atoms with van der Waals surface area (Å²) in [5.41, 5.74) is 6.79. The Labute approximate surface area is 171 Å². The van der Waals surface area contributed by atoms with Crippen molar-refractivity contribution < 1.29 is 9.59 Å². The lowest BCUT2D eigenvalue weighted by atomic mass is 10.0. The molecule has 2 aromatic carbocycles. The summed E-state index contributed by atoms with van der Waals surface area (Å²) in [7, 11) is 0. The second kappa shape index (κ2) is 10.3. The summed E-state index contributed by atoms with van der Waals surface area (Å²) >= 11 is 5.86. The molecule has 146 valence electrons.